The highest BCUT2D eigenvalue weighted by molar-refractivity contribution is 6.04. The summed E-state index contributed by atoms with van der Waals surface area (Å²) in [5.41, 5.74) is 0.474. The van der Waals surface area contributed by atoms with Crippen LogP contribution in [0.4, 0.5) is 4.79 Å². The van der Waals surface area contributed by atoms with Gasteiger partial charge in [-0.3, -0.25) is 0 Å². The van der Waals surface area contributed by atoms with Crippen molar-refractivity contribution in [2.45, 2.75) is 27.2 Å². The summed E-state index contributed by atoms with van der Waals surface area (Å²) < 4.78 is 5.08. The van der Waals surface area contributed by atoms with E-state index in [1.54, 1.807) is 0 Å². The lowest BCUT2D eigenvalue weighted by molar-refractivity contribution is 0.205. The third kappa shape index (κ3) is 4.07. The zero-order valence-corrected chi connectivity index (χ0v) is 9.07. The van der Waals surface area contributed by atoms with E-state index in [0.29, 0.717) is 11.5 Å². The fraction of sp³-hybridized carbons (Fsp3) is 0.600. The number of rotatable bonds is 4. The van der Waals surface area contributed by atoms with Gasteiger partial charge in [0, 0.05) is 0 Å². The van der Waals surface area contributed by atoms with Crippen LogP contribution in [0.15, 0.2) is 16.8 Å². The monoisotopic (exact) mass is 199 g/mol. The summed E-state index contributed by atoms with van der Waals surface area (Å²) in [6, 6.07) is 0. The third-order valence-electron chi connectivity index (χ3n) is 1.62. The van der Waals surface area contributed by atoms with Gasteiger partial charge in [-0.15, -0.1) is 0 Å². The molecular formula is C10H17NO3. The molecule has 0 saturated carbocycles. The maximum absolute atomic E-state index is 10.5. The molecule has 0 rings (SSSR count). The van der Waals surface area contributed by atoms with Crippen LogP contribution in [0.2, 0.25) is 0 Å². The molecule has 0 unspecified atom stereocenters. The topological polar surface area (TPSA) is 58.9 Å². The van der Waals surface area contributed by atoms with Gasteiger partial charge in [0.2, 0.25) is 0 Å². The van der Waals surface area contributed by atoms with Crippen LogP contribution in [0.5, 0.6) is 0 Å². The van der Waals surface area contributed by atoms with Crippen LogP contribution in [0.1, 0.15) is 27.2 Å². The van der Waals surface area contributed by atoms with Crippen molar-refractivity contribution in [3.63, 3.8) is 0 Å². The first kappa shape index (κ1) is 12.7. The van der Waals surface area contributed by atoms with Crippen molar-refractivity contribution in [3.05, 3.63) is 11.8 Å². The van der Waals surface area contributed by atoms with Crippen LogP contribution in [-0.2, 0) is 4.74 Å². The fourth-order valence-corrected chi connectivity index (χ4v) is 1.05. The largest absolute Gasteiger partial charge is 0.495 e. The van der Waals surface area contributed by atoms with E-state index in [0.717, 1.165) is 6.42 Å². The van der Waals surface area contributed by atoms with Gasteiger partial charge in [-0.05, 0) is 18.4 Å². The van der Waals surface area contributed by atoms with Crippen molar-refractivity contribution < 1.29 is 14.6 Å². The first-order valence-electron chi connectivity index (χ1n) is 4.58. The molecule has 0 aromatic rings. The number of methoxy groups -OCH3 is 1. The minimum atomic E-state index is -1.19. The number of ether oxygens (including phenoxy) is 1. The Labute approximate surface area is 84.3 Å². The number of nitrogens with zero attached hydrogens (tertiary/aromatic N) is 1. The zero-order valence-electron chi connectivity index (χ0n) is 9.07. The van der Waals surface area contributed by atoms with E-state index >= 15 is 0 Å². The fourth-order valence-electron chi connectivity index (χ4n) is 1.05. The molecule has 0 fully saturated rings. The van der Waals surface area contributed by atoms with Gasteiger partial charge in [-0.2, -0.15) is 4.99 Å². The van der Waals surface area contributed by atoms with Gasteiger partial charge in [-0.1, -0.05) is 20.8 Å². The average Bonchev–Trinajstić information content (AvgIpc) is 2.10. The van der Waals surface area contributed by atoms with Crippen molar-refractivity contribution in [3.8, 4) is 0 Å². The Morgan fingerprint density at radius 3 is 2.43 bits per heavy atom. The lowest BCUT2D eigenvalue weighted by atomic mass is 10.1. The molecule has 0 aliphatic carbocycles. The van der Waals surface area contributed by atoms with Gasteiger partial charge in [0.25, 0.3) is 0 Å². The van der Waals surface area contributed by atoms with Crippen LogP contribution >= 0.6 is 0 Å². The molecule has 0 aliphatic rings. The lowest BCUT2D eigenvalue weighted by Crippen LogP contribution is -2.14. The number of amides is 1. The van der Waals surface area contributed by atoms with E-state index in [4.69, 9.17) is 9.84 Å². The Bertz CT molecular complexity index is 254. The molecule has 0 saturated heterocycles. The zero-order chi connectivity index (χ0) is 11.1. The summed E-state index contributed by atoms with van der Waals surface area (Å²) >= 11 is 0. The number of hydrogen-bond acceptors (Lipinski definition) is 2. The van der Waals surface area contributed by atoms with E-state index in [-0.39, 0.29) is 5.92 Å². The Morgan fingerprint density at radius 2 is 2.14 bits per heavy atom. The summed E-state index contributed by atoms with van der Waals surface area (Å²) in [7, 11) is 1.52. The minimum absolute atomic E-state index is 0.0313. The summed E-state index contributed by atoms with van der Waals surface area (Å²) in [6.07, 6.45) is 1.42. The minimum Gasteiger partial charge on any atom is -0.495 e. The number of carbonyl (C=O) groups is 1. The van der Waals surface area contributed by atoms with Gasteiger partial charge in [0.15, 0.2) is 0 Å². The molecule has 0 heterocycles. The van der Waals surface area contributed by atoms with E-state index < -0.39 is 6.09 Å². The van der Waals surface area contributed by atoms with Crippen molar-refractivity contribution >= 4 is 11.8 Å². The molecule has 0 spiro atoms. The van der Waals surface area contributed by atoms with Crippen LogP contribution in [0, 0.1) is 5.92 Å². The Morgan fingerprint density at radius 1 is 1.57 bits per heavy atom. The SMILES string of the molecule is CC/C=C(/OC)C(=NC(=O)O)C(C)C. The van der Waals surface area contributed by atoms with Gasteiger partial charge >= 0.3 is 6.09 Å². The second-order valence-corrected chi connectivity index (χ2v) is 3.12. The van der Waals surface area contributed by atoms with Crippen molar-refractivity contribution in [1.82, 2.24) is 0 Å². The molecule has 0 aromatic carbocycles. The van der Waals surface area contributed by atoms with Crippen molar-refractivity contribution in [2.75, 3.05) is 7.11 Å². The van der Waals surface area contributed by atoms with Crippen molar-refractivity contribution in [1.29, 1.82) is 0 Å². The smallest absolute Gasteiger partial charge is 0.431 e. The van der Waals surface area contributed by atoms with Crippen LogP contribution < -0.4 is 0 Å². The standard InChI is InChI=1S/C10H17NO3/c1-5-6-8(14-4)9(7(2)3)11-10(12)13/h6-7H,5H2,1-4H3,(H,12,13)/b8-6+,11-9?. The molecule has 0 atom stereocenters. The van der Waals surface area contributed by atoms with Crippen LogP contribution in [-0.4, -0.2) is 24.0 Å². The number of carboxylic acid groups (broad SMARTS) is 1. The van der Waals surface area contributed by atoms with E-state index in [9.17, 15) is 4.79 Å². The molecular weight excluding hydrogens is 182 g/mol. The van der Waals surface area contributed by atoms with Gasteiger partial charge in [-0.25, -0.2) is 4.79 Å². The highest BCUT2D eigenvalue weighted by atomic mass is 16.5. The van der Waals surface area contributed by atoms with Gasteiger partial charge in [0.05, 0.1) is 12.8 Å². The van der Waals surface area contributed by atoms with Crippen LogP contribution in [0.25, 0.3) is 0 Å². The quantitative estimate of drug-likeness (QED) is 0.559. The van der Waals surface area contributed by atoms with Gasteiger partial charge in [0.1, 0.15) is 5.76 Å². The molecule has 14 heavy (non-hydrogen) atoms. The molecule has 80 valence electrons. The summed E-state index contributed by atoms with van der Waals surface area (Å²) in [4.78, 5) is 14.0. The number of hydrogen-bond donors (Lipinski definition) is 1. The molecule has 0 bridgehead atoms. The molecule has 1 N–H and O–H groups in total. The number of aliphatic imine (C=N–C) groups is 1. The molecule has 1 amide bonds. The summed E-state index contributed by atoms with van der Waals surface area (Å²) in [5.74, 6) is 0.578. The first-order valence-corrected chi connectivity index (χ1v) is 4.58. The number of allylic oxidation sites excluding steroid dienone is 2. The predicted molar refractivity (Wildman–Crippen MR) is 55.7 cm³/mol. The van der Waals surface area contributed by atoms with E-state index in [2.05, 4.69) is 4.99 Å². The highest BCUT2D eigenvalue weighted by Crippen LogP contribution is 2.10. The second kappa shape index (κ2) is 6.18. The lowest BCUT2D eigenvalue weighted by Gasteiger charge is -2.11. The molecule has 4 heteroatoms. The molecule has 4 nitrogen and oxygen atoms in total. The summed E-state index contributed by atoms with van der Waals surface area (Å²) in [5, 5.41) is 8.58. The predicted octanol–water partition coefficient (Wildman–Crippen LogP) is 2.70. The maximum Gasteiger partial charge on any atom is 0.431 e. The average molecular weight is 199 g/mol. The second-order valence-electron chi connectivity index (χ2n) is 3.12. The third-order valence-corrected chi connectivity index (χ3v) is 1.62. The first-order chi connectivity index (χ1) is 6.52. The normalized spacial score (nSPS) is 13.2. The Kier molecular flexibility index (Phi) is 5.60. The van der Waals surface area contributed by atoms with Crippen molar-refractivity contribution in [2.24, 2.45) is 10.9 Å². The Balaban J connectivity index is 4.99. The van der Waals surface area contributed by atoms with E-state index in [1.165, 1.54) is 7.11 Å². The van der Waals surface area contributed by atoms with Crippen LogP contribution in [0.3, 0.4) is 0 Å². The maximum atomic E-state index is 10.5. The molecule has 0 radical (unpaired) electrons. The summed E-state index contributed by atoms with van der Waals surface area (Å²) in [6.45, 7) is 5.71. The Hall–Kier alpha value is -1.32. The highest BCUT2D eigenvalue weighted by Gasteiger charge is 2.13. The van der Waals surface area contributed by atoms with E-state index in [1.807, 2.05) is 26.8 Å². The molecule has 0 aromatic heterocycles. The van der Waals surface area contributed by atoms with Gasteiger partial charge < -0.3 is 9.84 Å². The molecule has 0 aliphatic heterocycles.